The molecule has 1 amide bonds. The van der Waals surface area contributed by atoms with Crippen molar-refractivity contribution in [3.05, 3.63) is 59.8 Å². The zero-order valence-electron chi connectivity index (χ0n) is 19.2. The van der Waals surface area contributed by atoms with E-state index in [-0.39, 0.29) is 5.91 Å². The molecule has 0 radical (unpaired) electrons. The van der Waals surface area contributed by atoms with Crippen molar-refractivity contribution in [3.63, 3.8) is 0 Å². The van der Waals surface area contributed by atoms with Gasteiger partial charge >= 0.3 is 0 Å². The van der Waals surface area contributed by atoms with E-state index in [0.717, 1.165) is 41.8 Å². The zero-order valence-corrected chi connectivity index (χ0v) is 19.2. The number of benzene rings is 2. The molecule has 3 heterocycles. The van der Waals surface area contributed by atoms with Crippen molar-refractivity contribution in [2.45, 2.75) is 38.9 Å². The highest BCUT2D eigenvalue weighted by Crippen LogP contribution is 2.32. The lowest BCUT2D eigenvalue weighted by Gasteiger charge is -2.16. The number of carbonyl (C=O) groups is 1. The van der Waals surface area contributed by atoms with E-state index >= 15 is 0 Å². The maximum absolute atomic E-state index is 12.6. The molecule has 176 valence electrons. The number of aromatic nitrogens is 2. The molecule has 34 heavy (non-hydrogen) atoms. The van der Waals surface area contributed by atoms with Crippen LogP contribution in [-0.2, 0) is 11.3 Å². The van der Waals surface area contributed by atoms with Crippen LogP contribution in [0.4, 0.5) is 17.3 Å². The van der Waals surface area contributed by atoms with E-state index in [1.165, 1.54) is 0 Å². The second-order valence-corrected chi connectivity index (χ2v) is 9.00. The summed E-state index contributed by atoms with van der Waals surface area (Å²) in [7, 11) is 0. The van der Waals surface area contributed by atoms with E-state index in [4.69, 9.17) is 15.2 Å². The van der Waals surface area contributed by atoms with Crippen molar-refractivity contribution < 1.29 is 14.3 Å². The fourth-order valence-corrected chi connectivity index (χ4v) is 3.87. The van der Waals surface area contributed by atoms with E-state index < -0.39 is 0 Å². The molecule has 3 aliphatic rings. The average molecular weight is 460 g/mol. The Hall–Kier alpha value is -3.65. The highest BCUT2D eigenvalue weighted by Gasteiger charge is 2.24. The number of ether oxygens (including phenoxy) is 2. The fraction of sp³-hybridized carbons (Fsp3) is 0.346. The van der Waals surface area contributed by atoms with Gasteiger partial charge in [0.1, 0.15) is 5.75 Å². The minimum absolute atomic E-state index is 0.146. The number of hydrogen-bond acceptors (Lipinski definition) is 7. The third kappa shape index (κ3) is 5.28. The number of rotatable bonds is 2. The minimum atomic E-state index is -0.146. The van der Waals surface area contributed by atoms with Crippen LogP contribution in [0.25, 0.3) is 11.3 Å². The summed E-state index contributed by atoms with van der Waals surface area (Å²) in [6.07, 6.45) is 4.98. The van der Waals surface area contributed by atoms with Crippen molar-refractivity contribution in [1.29, 1.82) is 0 Å². The van der Waals surface area contributed by atoms with E-state index in [2.05, 4.69) is 27.5 Å². The van der Waals surface area contributed by atoms with Gasteiger partial charge in [0.15, 0.2) is 0 Å². The van der Waals surface area contributed by atoms with Crippen molar-refractivity contribution >= 4 is 23.2 Å². The number of carbonyl (C=O) groups excluding carboxylic acids is 1. The van der Waals surface area contributed by atoms with E-state index in [9.17, 15) is 4.79 Å². The summed E-state index contributed by atoms with van der Waals surface area (Å²) >= 11 is 0. The third-order valence-corrected chi connectivity index (χ3v) is 5.96. The third-order valence-electron chi connectivity index (χ3n) is 5.96. The first-order valence-electron chi connectivity index (χ1n) is 11.7. The number of nitrogen functional groups attached to an aromatic ring is 1. The number of nitrogens with two attached hydrogens (primary N) is 1. The molecule has 1 aliphatic carbocycles. The van der Waals surface area contributed by atoms with E-state index in [1.54, 1.807) is 24.4 Å². The quantitative estimate of drug-likeness (QED) is 0.490. The molecule has 4 N–H and O–H groups in total. The molecule has 2 aliphatic heterocycles. The Labute approximate surface area is 198 Å². The van der Waals surface area contributed by atoms with Gasteiger partial charge in [-0.3, -0.25) is 4.79 Å². The summed E-state index contributed by atoms with van der Waals surface area (Å²) in [5.41, 5.74) is 10.5. The predicted molar refractivity (Wildman–Crippen MR) is 131 cm³/mol. The largest absolute Gasteiger partial charge is 0.490 e. The van der Waals surface area contributed by atoms with Gasteiger partial charge in [-0.2, -0.15) is 0 Å². The number of nitrogens with zero attached hydrogens (tertiary/aromatic N) is 2. The van der Waals surface area contributed by atoms with Crippen molar-refractivity contribution in [1.82, 2.24) is 15.3 Å². The van der Waals surface area contributed by atoms with Crippen LogP contribution in [0.15, 0.2) is 48.7 Å². The van der Waals surface area contributed by atoms with Crippen LogP contribution in [-0.4, -0.2) is 35.1 Å². The Kier molecular flexibility index (Phi) is 6.31. The molecule has 2 aromatic carbocycles. The summed E-state index contributed by atoms with van der Waals surface area (Å²) in [4.78, 5) is 21.6. The fourth-order valence-electron chi connectivity index (χ4n) is 3.87. The summed E-state index contributed by atoms with van der Waals surface area (Å²) in [5, 5.41) is 6.26. The molecule has 8 nitrogen and oxygen atoms in total. The molecule has 3 aromatic rings. The SMILES string of the molecule is CC1CCNC(=O)c2ccc(c(N)c2)-c2ccnc(n2)Nc2ccc(OC3CC3)c(c2)COC1. The first-order valence-corrected chi connectivity index (χ1v) is 11.7. The highest BCUT2D eigenvalue weighted by molar-refractivity contribution is 5.96. The van der Waals surface area contributed by atoms with Crippen LogP contribution in [0, 0.1) is 5.92 Å². The van der Waals surface area contributed by atoms with Crippen LogP contribution in [0.5, 0.6) is 5.75 Å². The van der Waals surface area contributed by atoms with Gasteiger partial charge in [0.2, 0.25) is 5.95 Å². The van der Waals surface area contributed by atoms with Crippen molar-refractivity contribution in [2.24, 2.45) is 5.92 Å². The Morgan fingerprint density at radius 2 is 2.00 bits per heavy atom. The first kappa shape index (κ1) is 22.2. The summed E-state index contributed by atoms with van der Waals surface area (Å²) < 4.78 is 12.1. The highest BCUT2D eigenvalue weighted by atomic mass is 16.5. The number of amides is 1. The number of hydrogen-bond donors (Lipinski definition) is 3. The molecular formula is C26H29N5O3. The summed E-state index contributed by atoms with van der Waals surface area (Å²) in [6, 6.07) is 13.0. The second kappa shape index (κ2) is 9.69. The monoisotopic (exact) mass is 459 g/mol. The molecule has 0 spiro atoms. The van der Waals surface area contributed by atoms with Gasteiger partial charge in [-0.15, -0.1) is 0 Å². The Morgan fingerprint density at radius 3 is 2.82 bits per heavy atom. The van der Waals surface area contributed by atoms with Crippen molar-refractivity contribution in [3.8, 4) is 17.0 Å². The molecule has 6 bridgehead atoms. The van der Waals surface area contributed by atoms with Crippen molar-refractivity contribution in [2.75, 3.05) is 24.2 Å². The van der Waals surface area contributed by atoms with Gasteiger partial charge in [0.25, 0.3) is 5.91 Å². The van der Waals surface area contributed by atoms with Gasteiger partial charge in [-0.25, -0.2) is 9.97 Å². The molecule has 1 unspecified atom stereocenters. The topological polar surface area (TPSA) is 111 Å². The molecule has 1 aromatic heterocycles. The molecule has 0 saturated heterocycles. The standard InChI is InChI=1S/C26H29N5O3/c1-16-8-10-28-25(32)17-2-6-21(22(27)13-17)23-9-11-29-26(31-23)30-19-3-7-24(34-20-4-5-20)18(12-19)15-33-14-16/h2-3,6-7,9,11-13,16,20H,4-5,8,10,14-15,27H2,1H3,(H,28,32)(H,29,30,31). The molecule has 1 saturated carbocycles. The maximum atomic E-state index is 12.6. The van der Waals surface area contributed by atoms with Gasteiger partial charge < -0.3 is 25.8 Å². The number of anilines is 3. The Bertz CT molecular complexity index is 1190. The number of nitrogens with one attached hydrogen (secondary N) is 2. The molecule has 1 atom stereocenters. The van der Waals surface area contributed by atoms with E-state index in [0.29, 0.717) is 54.7 Å². The lowest BCUT2D eigenvalue weighted by molar-refractivity contribution is 0.0850. The maximum Gasteiger partial charge on any atom is 0.251 e. The van der Waals surface area contributed by atoms with Crippen LogP contribution < -0.4 is 21.1 Å². The number of fused-ring (bicyclic) bond motifs is 9. The van der Waals surface area contributed by atoms with Gasteiger partial charge in [-0.1, -0.05) is 6.92 Å². The lowest BCUT2D eigenvalue weighted by Crippen LogP contribution is -2.26. The second-order valence-electron chi connectivity index (χ2n) is 9.00. The Morgan fingerprint density at radius 1 is 1.12 bits per heavy atom. The van der Waals surface area contributed by atoms with Crippen LogP contribution >= 0.6 is 0 Å². The predicted octanol–water partition coefficient (Wildman–Crippen LogP) is 4.30. The Balaban J connectivity index is 1.48. The van der Waals surface area contributed by atoms with E-state index in [1.807, 2.05) is 24.3 Å². The van der Waals surface area contributed by atoms with Gasteiger partial charge in [0, 0.05) is 47.4 Å². The first-order chi connectivity index (χ1) is 16.5. The lowest BCUT2D eigenvalue weighted by atomic mass is 10.1. The molecule has 8 heteroatoms. The minimum Gasteiger partial charge on any atom is -0.490 e. The van der Waals surface area contributed by atoms with Gasteiger partial charge in [0.05, 0.1) is 18.4 Å². The smallest absolute Gasteiger partial charge is 0.251 e. The van der Waals surface area contributed by atoms with Crippen LogP contribution in [0.2, 0.25) is 0 Å². The zero-order chi connectivity index (χ0) is 23.5. The van der Waals surface area contributed by atoms with Gasteiger partial charge in [-0.05, 0) is 67.6 Å². The molecular weight excluding hydrogens is 430 g/mol. The van der Waals surface area contributed by atoms with Crippen LogP contribution in [0.3, 0.4) is 0 Å². The summed E-state index contributed by atoms with van der Waals surface area (Å²) in [6.45, 7) is 3.71. The average Bonchev–Trinajstić information content (AvgIpc) is 3.64. The summed E-state index contributed by atoms with van der Waals surface area (Å²) in [5.74, 6) is 1.44. The molecule has 1 fully saturated rings. The van der Waals surface area contributed by atoms with Crippen LogP contribution in [0.1, 0.15) is 42.1 Å². The molecule has 6 rings (SSSR count). The normalized spacial score (nSPS) is 18.7.